The number of hydrogen-bond donors (Lipinski definition) is 2. The molecule has 9 heteroatoms. The van der Waals surface area contributed by atoms with Crippen molar-refractivity contribution in [2.24, 2.45) is 0 Å². The third-order valence-corrected chi connectivity index (χ3v) is 3.91. The van der Waals surface area contributed by atoms with Gasteiger partial charge in [-0.3, -0.25) is 4.79 Å². The number of amides is 1. The van der Waals surface area contributed by atoms with Crippen molar-refractivity contribution in [1.29, 1.82) is 0 Å². The third-order valence-electron chi connectivity index (χ3n) is 2.53. The number of hydrogen-bond acceptors (Lipinski definition) is 5. The molecule has 0 atom stereocenters. The lowest BCUT2D eigenvalue weighted by Gasteiger charge is -2.06. The van der Waals surface area contributed by atoms with Crippen LogP contribution in [-0.4, -0.2) is 26.5 Å². The first kappa shape index (κ1) is 15.9. The Labute approximate surface area is 136 Å². The second-order valence-electron chi connectivity index (χ2n) is 4.12. The molecular weight excluding hydrogens is 333 g/mol. The summed E-state index contributed by atoms with van der Waals surface area (Å²) in [4.78, 5) is 11.9. The number of nitrogen functional groups attached to an aromatic ring is 1. The number of nitrogens with one attached hydrogen (secondary N) is 1. The summed E-state index contributed by atoms with van der Waals surface area (Å²) in [6.45, 7) is 1.93. The van der Waals surface area contributed by atoms with Crippen LogP contribution in [0.3, 0.4) is 0 Å². The van der Waals surface area contributed by atoms with Crippen LogP contribution in [-0.2, 0) is 11.2 Å². The number of rotatable bonds is 5. The highest BCUT2D eigenvalue weighted by Gasteiger charge is 2.11. The summed E-state index contributed by atoms with van der Waals surface area (Å²) in [6.07, 6.45) is 0.678. The molecule has 1 amide bonds. The van der Waals surface area contributed by atoms with Gasteiger partial charge in [0.05, 0.1) is 5.75 Å². The molecule has 3 N–H and O–H groups in total. The van der Waals surface area contributed by atoms with Gasteiger partial charge in [0, 0.05) is 22.2 Å². The van der Waals surface area contributed by atoms with E-state index in [4.69, 9.17) is 29.0 Å². The summed E-state index contributed by atoms with van der Waals surface area (Å²) in [5.41, 5.74) is 0.543. The van der Waals surface area contributed by atoms with Gasteiger partial charge < -0.3 is 11.2 Å². The standard InChI is InChI=1S/C12H13Cl2N5OS/c1-2-10-17-18-12(19(10)15)21-6-11(20)16-9-4-7(13)3-8(14)5-9/h3-5H,2,6,15H2,1H3,(H,16,20). The molecule has 2 rings (SSSR count). The van der Waals surface area contributed by atoms with E-state index in [0.29, 0.717) is 33.1 Å². The summed E-state index contributed by atoms with van der Waals surface area (Å²) < 4.78 is 1.38. The quantitative estimate of drug-likeness (QED) is 0.642. The van der Waals surface area contributed by atoms with E-state index < -0.39 is 0 Å². The Hall–Kier alpha value is -1.44. The van der Waals surface area contributed by atoms with E-state index in [1.165, 1.54) is 16.4 Å². The largest absolute Gasteiger partial charge is 0.336 e. The Balaban J connectivity index is 1.94. The Kier molecular flexibility index (Phi) is 5.33. The van der Waals surface area contributed by atoms with Crippen LogP contribution in [0.5, 0.6) is 0 Å². The molecule has 112 valence electrons. The molecule has 1 heterocycles. The van der Waals surface area contributed by atoms with Crippen LogP contribution in [0.2, 0.25) is 10.0 Å². The third kappa shape index (κ3) is 4.26. The van der Waals surface area contributed by atoms with Crippen molar-refractivity contribution in [2.45, 2.75) is 18.5 Å². The number of nitrogens with two attached hydrogens (primary N) is 1. The van der Waals surface area contributed by atoms with Crippen molar-refractivity contribution in [3.05, 3.63) is 34.1 Å². The van der Waals surface area contributed by atoms with Crippen molar-refractivity contribution in [3.63, 3.8) is 0 Å². The molecule has 1 aromatic heterocycles. The van der Waals surface area contributed by atoms with Crippen LogP contribution >= 0.6 is 35.0 Å². The first-order valence-corrected chi connectivity index (χ1v) is 7.82. The summed E-state index contributed by atoms with van der Waals surface area (Å²) in [5, 5.41) is 12.0. The van der Waals surface area contributed by atoms with Gasteiger partial charge in [-0.25, -0.2) is 4.68 Å². The minimum absolute atomic E-state index is 0.156. The molecule has 0 aliphatic rings. The molecule has 0 radical (unpaired) electrons. The molecule has 21 heavy (non-hydrogen) atoms. The zero-order valence-corrected chi connectivity index (χ0v) is 13.5. The fourth-order valence-electron chi connectivity index (χ4n) is 1.60. The molecule has 0 unspecified atom stereocenters. The number of carbonyl (C=O) groups excluding carboxylic acids is 1. The average molecular weight is 346 g/mol. The van der Waals surface area contributed by atoms with Crippen molar-refractivity contribution in [1.82, 2.24) is 14.9 Å². The second kappa shape index (κ2) is 7.02. The summed E-state index contributed by atoms with van der Waals surface area (Å²) >= 11 is 12.9. The maximum Gasteiger partial charge on any atom is 0.234 e. The van der Waals surface area contributed by atoms with E-state index in [1.54, 1.807) is 18.2 Å². The Morgan fingerprint density at radius 1 is 1.33 bits per heavy atom. The Bertz CT molecular complexity index is 641. The zero-order valence-electron chi connectivity index (χ0n) is 11.1. The number of aromatic nitrogens is 3. The maximum atomic E-state index is 11.9. The van der Waals surface area contributed by atoms with E-state index in [9.17, 15) is 4.79 Å². The van der Waals surface area contributed by atoms with Crippen molar-refractivity contribution in [2.75, 3.05) is 16.9 Å². The van der Waals surface area contributed by atoms with Crippen molar-refractivity contribution >= 4 is 46.6 Å². The highest BCUT2D eigenvalue weighted by molar-refractivity contribution is 7.99. The van der Waals surface area contributed by atoms with Crippen molar-refractivity contribution in [3.8, 4) is 0 Å². The minimum Gasteiger partial charge on any atom is -0.336 e. The van der Waals surface area contributed by atoms with Crippen LogP contribution < -0.4 is 11.2 Å². The molecule has 0 saturated heterocycles. The number of aryl methyl sites for hydroxylation is 1. The van der Waals surface area contributed by atoms with Crippen LogP contribution in [0.25, 0.3) is 0 Å². The fraction of sp³-hybridized carbons (Fsp3) is 0.250. The maximum absolute atomic E-state index is 11.9. The summed E-state index contributed by atoms with van der Waals surface area (Å²) in [7, 11) is 0. The number of benzene rings is 1. The minimum atomic E-state index is -0.209. The van der Waals surface area contributed by atoms with Crippen LogP contribution in [0.4, 0.5) is 5.69 Å². The first-order chi connectivity index (χ1) is 9.99. The zero-order chi connectivity index (χ0) is 15.4. The fourth-order valence-corrected chi connectivity index (χ4v) is 2.80. The van der Waals surface area contributed by atoms with Gasteiger partial charge in [0.2, 0.25) is 11.1 Å². The number of thioether (sulfide) groups is 1. The van der Waals surface area contributed by atoms with Crippen LogP contribution in [0.15, 0.2) is 23.4 Å². The van der Waals surface area contributed by atoms with E-state index in [2.05, 4.69) is 15.5 Å². The van der Waals surface area contributed by atoms with Crippen molar-refractivity contribution < 1.29 is 4.79 Å². The van der Waals surface area contributed by atoms with Gasteiger partial charge in [0.25, 0.3) is 0 Å². The molecule has 0 aliphatic heterocycles. The number of nitrogens with zero attached hydrogens (tertiary/aromatic N) is 3. The molecule has 2 aromatic rings. The molecule has 0 spiro atoms. The van der Waals surface area contributed by atoms with E-state index in [1.807, 2.05) is 6.92 Å². The van der Waals surface area contributed by atoms with Gasteiger partial charge in [-0.05, 0) is 18.2 Å². The molecule has 0 bridgehead atoms. The number of halogens is 2. The average Bonchev–Trinajstić information content (AvgIpc) is 2.75. The highest BCUT2D eigenvalue weighted by Crippen LogP contribution is 2.23. The molecule has 0 saturated carbocycles. The molecule has 0 fully saturated rings. The van der Waals surface area contributed by atoms with Gasteiger partial charge in [0.15, 0.2) is 5.82 Å². The lowest BCUT2D eigenvalue weighted by molar-refractivity contribution is -0.113. The van der Waals surface area contributed by atoms with E-state index >= 15 is 0 Å². The molecule has 1 aromatic carbocycles. The molecule has 6 nitrogen and oxygen atoms in total. The van der Waals surface area contributed by atoms with Gasteiger partial charge in [0.1, 0.15) is 0 Å². The monoisotopic (exact) mass is 345 g/mol. The summed E-state index contributed by atoms with van der Waals surface area (Å²) in [5.74, 6) is 6.41. The second-order valence-corrected chi connectivity index (χ2v) is 5.93. The van der Waals surface area contributed by atoms with Gasteiger partial charge >= 0.3 is 0 Å². The highest BCUT2D eigenvalue weighted by atomic mass is 35.5. The molecular formula is C12H13Cl2N5OS. The normalized spacial score (nSPS) is 10.6. The Morgan fingerprint density at radius 3 is 2.57 bits per heavy atom. The lowest BCUT2D eigenvalue weighted by Crippen LogP contribution is -2.17. The van der Waals surface area contributed by atoms with E-state index in [-0.39, 0.29) is 11.7 Å². The Morgan fingerprint density at radius 2 is 2.00 bits per heavy atom. The van der Waals surface area contributed by atoms with E-state index in [0.717, 1.165) is 0 Å². The first-order valence-electron chi connectivity index (χ1n) is 6.07. The van der Waals surface area contributed by atoms with Crippen LogP contribution in [0.1, 0.15) is 12.7 Å². The lowest BCUT2D eigenvalue weighted by atomic mass is 10.3. The number of carbonyl (C=O) groups is 1. The SMILES string of the molecule is CCc1nnc(SCC(=O)Nc2cc(Cl)cc(Cl)c2)n1N. The van der Waals surface area contributed by atoms with Gasteiger partial charge in [-0.2, -0.15) is 0 Å². The predicted molar refractivity (Wildman–Crippen MR) is 85.4 cm³/mol. The predicted octanol–water partition coefficient (Wildman–Crippen LogP) is 2.59. The van der Waals surface area contributed by atoms with Gasteiger partial charge in [-0.1, -0.05) is 41.9 Å². The number of anilines is 1. The topological polar surface area (TPSA) is 85.8 Å². The van der Waals surface area contributed by atoms with Crippen LogP contribution in [0, 0.1) is 0 Å². The summed E-state index contributed by atoms with van der Waals surface area (Å²) in [6, 6.07) is 4.84. The smallest absolute Gasteiger partial charge is 0.234 e. The van der Waals surface area contributed by atoms with Gasteiger partial charge in [-0.15, -0.1) is 10.2 Å². The molecule has 0 aliphatic carbocycles.